The second-order valence-electron chi connectivity index (χ2n) is 6.36. The smallest absolute Gasteiger partial charge is 0.260 e. The normalized spacial score (nSPS) is 13.3. The topological polar surface area (TPSA) is 83.6 Å². The first kappa shape index (κ1) is 23.5. The third kappa shape index (κ3) is 5.88. The number of nitrogens with one attached hydrogen (secondary N) is 1. The summed E-state index contributed by atoms with van der Waals surface area (Å²) in [6.07, 6.45) is 0.220. The summed E-state index contributed by atoms with van der Waals surface area (Å²) in [5.74, 6) is -1.95. The molecule has 1 N–H and O–H groups in total. The maximum Gasteiger partial charge on any atom is 0.264 e. The van der Waals surface area contributed by atoms with Gasteiger partial charge in [-0.1, -0.05) is 11.6 Å². The fourth-order valence-corrected chi connectivity index (χ4v) is 5.33. The van der Waals surface area contributed by atoms with Gasteiger partial charge in [0.05, 0.1) is 16.3 Å². The predicted molar refractivity (Wildman–Crippen MR) is 109 cm³/mol. The first-order valence-electron chi connectivity index (χ1n) is 8.64. The Hall–Kier alpha value is -1.75. The van der Waals surface area contributed by atoms with Crippen LogP contribution in [0.3, 0.4) is 0 Å². The zero-order valence-electron chi connectivity index (χ0n) is 15.8. The van der Waals surface area contributed by atoms with Gasteiger partial charge in [-0.25, -0.2) is 30.3 Å². The summed E-state index contributed by atoms with van der Waals surface area (Å²) in [6, 6.07) is 6.95. The van der Waals surface area contributed by atoms with Crippen LogP contribution in [0, 0.1) is 11.6 Å². The predicted octanol–water partition coefficient (Wildman–Crippen LogP) is 3.53. The van der Waals surface area contributed by atoms with Crippen molar-refractivity contribution in [1.29, 1.82) is 0 Å². The van der Waals surface area contributed by atoms with Gasteiger partial charge in [0, 0.05) is 17.1 Å². The van der Waals surface area contributed by atoms with Crippen molar-refractivity contribution in [1.82, 2.24) is 4.72 Å². The molecule has 1 atom stereocenters. The van der Waals surface area contributed by atoms with Crippen LogP contribution in [0.1, 0.15) is 19.8 Å². The molecule has 0 spiro atoms. The lowest BCUT2D eigenvalue weighted by Gasteiger charge is -2.31. The molecule has 0 heterocycles. The largest absolute Gasteiger partial charge is 0.264 e. The summed E-state index contributed by atoms with van der Waals surface area (Å²) in [6.45, 7) is 1.50. The first-order chi connectivity index (χ1) is 13.5. The highest BCUT2D eigenvalue weighted by Crippen LogP contribution is 2.31. The van der Waals surface area contributed by atoms with Gasteiger partial charge in [-0.15, -0.1) is 0 Å². The fourth-order valence-electron chi connectivity index (χ4n) is 2.77. The second-order valence-corrected chi connectivity index (χ2v) is 10.7. The molecular weight excluding hydrogens is 446 g/mol. The van der Waals surface area contributed by atoms with E-state index < -0.39 is 43.4 Å². The van der Waals surface area contributed by atoms with Gasteiger partial charge in [0.1, 0.15) is 11.6 Å². The first-order valence-corrected chi connectivity index (χ1v) is 12.1. The number of sulfonamides is 2. The third-order valence-corrected chi connectivity index (χ3v) is 7.90. The van der Waals surface area contributed by atoms with Crippen LogP contribution in [0.15, 0.2) is 47.4 Å². The Kier molecular flexibility index (Phi) is 7.61. The Labute approximate surface area is 174 Å². The lowest BCUT2D eigenvalue weighted by atomic mass is 10.2. The number of hydrogen-bond donors (Lipinski definition) is 1. The summed E-state index contributed by atoms with van der Waals surface area (Å²) in [5.41, 5.74) is -0.455. The molecule has 11 heteroatoms. The van der Waals surface area contributed by atoms with Crippen molar-refractivity contribution in [3.63, 3.8) is 0 Å². The number of nitrogens with zero attached hydrogens (tertiary/aromatic N) is 1. The highest BCUT2D eigenvalue weighted by atomic mass is 35.5. The van der Waals surface area contributed by atoms with E-state index in [4.69, 9.17) is 11.6 Å². The number of anilines is 1. The Morgan fingerprint density at radius 1 is 1.07 bits per heavy atom. The van der Waals surface area contributed by atoms with Crippen molar-refractivity contribution in [2.75, 3.05) is 17.1 Å². The fraction of sp³-hybridized carbons (Fsp3) is 0.333. The van der Waals surface area contributed by atoms with Gasteiger partial charge in [0.2, 0.25) is 10.0 Å². The van der Waals surface area contributed by atoms with Crippen molar-refractivity contribution in [2.24, 2.45) is 0 Å². The molecule has 29 heavy (non-hydrogen) atoms. The summed E-state index contributed by atoms with van der Waals surface area (Å²) < 4.78 is 80.8. The molecule has 0 radical (unpaired) electrons. The molecular formula is C18H21ClF2N2O4S2. The highest BCUT2D eigenvalue weighted by molar-refractivity contribution is 7.92. The molecule has 6 nitrogen and oxygen atoms in total. The van der Waals surface area contributed by atoms with Gasteiger partial charge in [-0.05, 0) is 63.2 Å². The van der Waals surface area contributed by atoms with Crippen LogP contribution in [0.5, 0.6) is 0 Å². The van der Waals surface area contributed by atoms with Gasteiger partial charge in [0.25, 0.3) is 10.0 Å². The summed E-state index contributed by atoms with van der Waals surface area (Å²) >= 11 is 5.81. The summed E-state index contributed by atoms with van der Waals surface area (Å²) in [4.78, 5) is -0.153. The molecule has 0 fully saturated rings. The minimum absolute atomic E-state index is 0.101. The molecule has 160 valence electrons. The SMILES string of the molecule is CNS(=O)(=O)CCCC(C)N(c1cc(F)ccc1F)S(=O)(=O)c1ccc(Cl)cc1. The van der Waals surface area contributed by atoms with E-state index in [1.165, 1.54) is 38.2 Å². The molecule has 0 aromatic heterocycles. The average Bonchev–Trinajstić information content (AvgIpc) is 2.65. The van der Waals surface area contributed by atoms with Gasteiger partial charge in [-0.3, -0.25) is 4.31 Å². The van der Waals surface area contributed by atoms with Gasteiger partial charge in [-0.2, -0.15) is 0 Å². The van der Waals surface area contributed by atoms with E-state index in [0.717, 1.165) is 22.5 Å². The van der Waals surface area contributed by atoms with Crippen molar-refractivity contribution in [3.8, 4) is 0 Å². The number of halogens is 3. The van der Waals surface area contributed by atoms with E-state index in [9.17, 15) is 25.6 Å². The number of rotatable bonds is 9. The van der Waals surface area contributed by atoms with Crippen LogP contribution < -0.4 is 9.03 Å². The van der Waals surface area contributed by atoms with Crippen LogP contribution in [0.2, 0.25) is 5.02 Å². The zero-order valence-corrected chi connectivity index (χ0v) is 18.2. The van der Waals surface area contributed by atoms with Crippen molar-refractivity contribution in [2.45, 2.75) is 30.7 Å². The number of benzene rings is 2. The molecule has 0 bridgehead atoms. The Morgan fingerprint density at radius 3 is 2.28 bits per heavy atom. The molecule has 2 aromatic carbocycles. The minimum Gasteiger partial charge on any atom is -0.260 e. The lowest BCUT2D eigenvalue weighted by Crippen LogP contribution is -2.39. The van der Waals surface area contributed by atoms with Gasteiger partial charge in [0.15, 0.2) is 0 Å². The van der Waals surface area contributed by atoms with Crippen molar-refractivity contribution >= 4 is 37.3 Å². The Morgan fingerprint density at radius 2 is 1.69 bits per heavy atom. The van der Waals surface area contributed by atoms with E-state index in [2.05, 4.69) is 4.72 Å². The zero-order chi connectivity index (χ0) is 21.8. The molecule has 0 saturated carbocycles. The molecule has 1 unspecified atom stereocenters. The van der Waals surface area contributed by atoms with Gasteiger partial charge < -0.3 is 0 Å². The standard InChI is InChI=1S/C18H21ClF2N2O4S2/c1-13(4-3-11-28(24,25)22-2)23(18-12-15(20)7-10-17(18)21)29(26,27)16-8-5-14(19)6-9-16/h5-10,12-13,22H,3-4,11H2,1-2H3. The van der Waals surface area contributed by atoms with Gasteiger partial charge >= 0.3 is 0 Å². The highest BCUT2D eigenvalue weighted by Gasteiger charge is 2.32. The minimum atomic E-state index is -4.28. The van der Waals surface area contributed by atoms with Crippen molar-refractivity contribution < 1.29 is 25.6 Å². The quantitative estimate of drug-likeness (QED) is 0.612. The van der Waals surface area contributed by atoms with Crippen molar-refractivity contribution in [3.05, 3.63) is 59.1 Å². The Balaban J connectivity index is 2.46. The maximum absolute atomic E-state index is 14.5. The van der Waals surface area contributed by atoms with Crippen LogP contribution in [0.25, 0.3) is 0 Å². The summed E-state index contributed by atoms with van der Waals surface area (Å²) in [7, 11) is -6.48. The summed E-state index contributed by atoms with van der Waals surface area (Å²) in [5, 5.41) is 0.317. The molecule has 0 amide bonds. The molecule has 0 aliphatic rings. The van der Waals surface area contributed by atoms with E-state index in [1.807, 2.05) is 0 Å². The van der Waals surface area contributed by atoms with Crippen LogP contribution in [0.4, 0.5) is 14.5 Å². The maximum atomic E-state index is 14.5. The molecule has 0 aliphatic heterocycles. The third-order valence-electron chi connectivity index (χ3n) is 4.26. The van der Waals surface area contributed by atoms with E-state index in [-0.39, 0.29) is 23.5 Å². The Bertz CT molecular complexity index is 1060. The van der Waals surface area contributed by atoms with Crippen LogP contribution in [-0.4, -0.2) is 35.7 Å². The van der Waals surface area contributed by atoms with Crippen LogP contribution >= 0.6 is 11.6 Å². The van der Waals surface area contributed by atoms with Crippen LogP contribution in [-0.2, 0) is 20.0 Å². The monoisotopic (exact) mass is 466 g/mol. The molecule has 2 aromatic rings. The van der Waals surface area contributed by atoms with E-state index in [0.29, 0.717) is 5.02 Å². The van der Waals surface area contributed by atoms with E-state index >= 15 is 0 Å². The molecule has 2 rings (SSSR count). The lowest BCUT2D eigenvalue weighted by molar-refractivity contribution is 0.552. The molecule has 0 saturated heterocycles. The average molecular weight is 467 g/mol. The molecule has 0 aliphatic carbocycles. The van der Waals surface area contributed by atoms with E-state index in [1.54, 1.807) is 0 Å². The number of hydrogen-bond acceptors (Lipinski definition) is 4. The second kappa shape index (κ2) is 9.38.